The van der Waals surface area contributed by atoms with E-state index in [-0.39, 0.29) is 5.69 Å². The second-order valence-electron chi connectivity index (χ2n) is 4.44. The van der Waals surface area contributed by atoms with Crippen LogP contribution in [0.1, 0.15) is 0 Å². The van der Waals surface area contributed by atoms with E-state index in [0.717, 1.165) is 5.75 Å². The van der Waals surface area contributed by atoms with Crippen molar-refractivity contribution < 1.29 is 13.3 Å². The summed E-state index contributed by atoms with van der Waals surface area (Å²) in [6, 6.07) is 4.68. The molecule has 0 N–H and O–H groups in total. The number of rotatable bonds is 3. The number of halogens is 1. The molecule has 20 heavy (non-hydrogen) atoms. The van der Waals surface area contributed by atoms with Gasteiger partial charge < -0.3 is 4.90 Å². The fraction of sp³-hybridized carbons (Fsp3) is 0.455. The molecule has 1 aromatic carbocycles. The zero-order valence-electron chi connectivity index (χ0n) is 10.7. The van der Waals surface area contributed by atoms with E-state index in [4.69, 9.17) is 0 Å². The summed E-state index contributed by atoms with van der Waals surface area (Å²) < 4.78 is 24.4. The van der Waals surface area contributed by atoms with Crippen LogP contribution in [0.2, 0.25) is 0 Å². The van der Waals surface area contributed by atoms with Gasteiger partial charge in [-0.05, 0) is 12.1 Å². The largest absolute Gasteiger partial charge is 0.348 e. The summed E-state index contributed by atoms with van der Waals surface area (Å²) in [5.74, 6) is 1.17. The average molecular weight is 381 g/mol. The van der Waals surface area contributed by atoms with Gasteiger partial charge in [-0.2, -0.15) is 11.8 Å². The lowest BCUT2D eigenvalue weighted by molar-refractivity contribution is -0.384. The van der Waals surface area contributed by atoms with Gasteiger partial charge in [0.25, 0.3) is 5.69 Å². The van der Waals surface area contributed by atoms with E-state index in [0.29, 0.717) is 22.5 Å². The van der Waals surface area contributed by atoms with Crippen LogP contribution in [0.4, 0.5) is 11.4 Å². The van der Waals surface area contributed by atoms with E-state index >= 15 is 0 Å². The van der Waals surface area contributed by atoms with Crippen molar-refractivity contribution in [1.29, 1.82) is 0 Å². The summed E-state index contributed by atoms with van der Waals surface area (Å²) in [5.41, 5.74) is 0.272. The Hall–Kier alpha value is -0.800. The molecule has 9 heteroatoms. The third-order valence-corrected chi connectivity index (χ3v) is 6.16. The van der Waals surface area contributed by atoms with Gasteiger partial charge in [0.1, 0.15) is 11.1 Å². The second-order valence-corrected chi connectivity index (χ2v) is 8.71. The van der Waals surface area contributed by atoms with Gasteiger partial charge in [0, 0.05) is 34.8 Å². The third-order valence-electron chi connectivity index (χ3n) is 3.02. The van der Waals surface area contributed by atoms with E-state index in [9.17, 15) is 18.5 Å². The number of nitrogens with zero attached hydrogens (tertiary/aromatic N) is 2. The van der Waals surface area contributed by atoms with Crippen LogP contribution in [0.15, 0.2) is 22.7 Å². The van der Waals surface area contributed by atoms with Gasteiger partial charge >= 0.3 is 0 Å². The Balaban J connectivity index is 2.50. The normalized spacial score (nSPS) is 19.9. The predicted octanol–water partition coefficient (Wildman–Crippen LogP) is 2.28. The standard InChI is InChI=1S/C11H13BrN2O4S2/c1-20(17,18)11-7-19-5-4-13(11)9-3-2-8(12)6-10(9)14(15)16/h2-3,6,11H,4-5,7H2,1H3. The first-order valence-electron chi connectivity index (χ1n) is 5.78. The molecule has 1 fully saturated rings. The van der Waals surface area contributed by atoms with E-state index < -0.39 is 20.1 Å². The van der Waals surface area contributed by atoms with Crippen molar-refractivity contribution in [3.8, 4) is 0 Å². The number of nitro groups is 1. The molecular formula is C11H13BrN2O4S2. The van der Waals surface area contributed by atoms with Crippen LogP contribution >= 0.6 is 27.7 Å². The molecule has 1 aromatic rings. The quantitative estimate of drug-likeness (QED) is 0.590. The number of thioether (sulfide) groups is 1. The van der Waals surface area contributed by atoms with E-state index in [1.54, 1.807) is 28.8 Å². The molecule has 0 amide bonds. The highest BCUT2D eigenvalue weighted by Crippen LogP contribution is 2.35. The predicted molar refractivity (Wildman–Crippen MR) is 84.1 cm³/mol. The molecule has 110 valence electrons. The first-order valence-corrected chi connectivity index (χ1v) is 9.68. The van der Waals surface area contributed by atoms with Crippen molar-refractivity contribution in [2.75, 3.05) is 29.2 Å². The van der Waals surface area contributed by atoms with Gasteiger partial charge in [0.05, 0.1) is 4.92 Å². The maximum Gasteiger partial charge on any atom is 0.293 e. The molecule has 1 aliphatic heterocycles. The fourth-order valence-electron chi connectivity index (χ4n) is 2.10. The smallest absolute Gasteiger partial charge is 0.293 e. The topological polar surface area (TPSA) is 80.5 Å². The Morgan fingerprint density at radius 2 is 2.20 bits per heavy atom. The summed E-state index contributed by atoms with van der Waals surface area (Å²) in [5, 5.41) is 10.5. The lowest BCUT2D eigenvalue weighted by Gasteiger charge is -2.35. The Labute approximate surface area is 129 Å². The molecule has 0 saturated carbocycles. The van der Waals surface area contributed by atoms with Crippen molar-refractivity contribution in [3.05, 3.63) is 32.8 Å². The maximum absolute atomic E-state index is 11.9. The molecule has 2 rings (SSSR count). The van der Waals surface area contributed by atoms with Gasteiger partial charge in [-0.15, -0.1) is 0 Å². The summed E-state index contributed by atoms with van der Waals surface area (Å²) in [6.45, 7) is 0.477. The summed E-state index contributed by atoms with van der Waals surface area (Å²) in [6.07, 6.45) is 1.17. The molecule has 6 nitrogen and oxygen atoms in total. The van der Waals surface area contributed by atoms with Gasteiger partial charge in [0.2, 0.25) is 0 Å². The minimum atomic E-state index is -3.31. The van der Waals surface area contributed by atoms with Crippen LogP contribution in [0.25, 0.3) is 0 Å². The Bertz CT molecular complexity index is 635. The number of sulfone groups is 1. The van der Waals surface area contributed by atoms with Crippen molar-refractivity contribution >= 4 is 48.9 Å². The number of hydrogen-bond acceptors (Lipinski definition) is 6. The summed E-state index contributed by atoms with van der Waals surface area (Å²) in [4.78, 5) is 12.3. The number of hydrogen-bond donors (Lipinski definition) is 0. The van der Waals surface area contributed by atoms with Crippen LogP contribution < -0.4 is 4.90 Å². The maximum atomic E-state index is 11.9. The highest BCUT2D eigenvalue weighted by Gasteiger charge is 2.34. The number of anilines is 1. The van der Waals surface area contributed by atoms with Crippen molar-refractivity contribution in [2.24, 2.45) is 0 Å². The Morgan fingerprint density at radius 3 is 2.80 bits per heavy atom. The van der Waals surface area contributed by atoms with Crippen LogP contribution in [0, 0.1) is 10.1 Å². The first kappa shape index (κ1) is 15.6. The highest BCUT2D eigenvalue weighted by molar-refractivity contribution is 9.10. The second kappa shape index (κ2) is 5.90. The summed E-state index contributed by atoms with van der Waals surface area (Å²) in [7, 11) is -3.31. The molecule has 1 unspecified atom stereocenters. The zero-order chi connectivity index (χ0) is 14.9. The SMILES string of the molecule is CS(=O)(=O)C1CSCCN1c1ccc(Br)cc1[N+](=O)[O-]. The molecule has 0 spiro atoms. The lowest BCUT2D eigenvalue weighted by Crippen LogP contribution is -2.47. The van der Waals surface area contributed by atoms with Crippen LogP contribution in [0.3, 0.4) is 0 Å². The number of nitro benzene ring substituents is 1. The first-order chi connectivity index (χ1) is 9.30. The van der Waals surface area contributed by atoms with Crippen molar-refractivity contribution in [1.82, 2.24) is 0 Å². The molecule has 0 bridgehead atoms. The van der Waals surface area contributed by atoms with E-state index in [1.807, 2.05) is 0 Å². The molecule has 1 heterocycles. The van der Waals surface area contributed by atoms with Crippen LogP contribution in [-0.4, -0.2) is 43.0 Å². The van der Waals surface area contributed by atoms with Gasteiger partial charge in [-0.25, -0.2) is 8.42 Å². The third kappa shape index (κ3) is 3.26. The molecule has 0 radical (unpaired) electrons. The molecule has 1 aliphatic rings. The van der Waals surface area contributed by atoms with Crippen molar-refractivity contribution in [3.63, 3.8) is 0 Å². The van der Waals surface area contributed by atoms with Gasteiger partial charge in [0.15, 0.2) is 9.84 Å². The monoisotopic (exact) mass is 380 g/mol. The van der Waals surface area contributed by atoms with Crippen molar-refractivity contribution in [2.45, 2.75) is 5.37 Å². The number of benzene rings is 1. The Morgan fingerprint density at radius 1 is 1.50 bits per heavy atom. The molecule has 1 atom stereocenters. The Kier molecular flexibility index (Phi) is 4.60. The molecular weight excluding hydrogens is 368 g/mol. The lowest BCUT2D eigenvalue weighted by atomic mass is 10.2. The minimum Gasteiger partial charge on any atom is -0.348 e. The van der Waals surface area contributed by atoms with E-state index in [1.165, 1.54) is 12.3 Å². The van der Waals surface area contributed by atoms with E-state index in [2.05, 4.69) is 15.9 Å². The summed E-state index contributed by atoms with van der Waals surface area (Å²) >= 11 is 4.74. The molecule has 0 aromatic heterocycles. The molecule has 1 saturated heterocycles. The van der Waals surface area contributed by atoms with Crippen LogP contribution in [-0.2, 0) is 9.84 Å². The van der Waals surface area contributed by atoms with Crippen LogP contribution in [0.5, 0.6) is 0 Å². The zero-order valence-corrected chi connectivity index (χ0v) is 13.9. The minimum absolute atomic E-state index is 0.0834. The van der Waals surface area contributed by atoms with Gasteiger partial charge in [-0.1, -0.05) is 15.9 Å². The van der Waals surface area contributed by atoms with Gasteiger partial charge in [-0.3, -0.25) is 10.1 Å². The fourth-order valence-corrected chi connectivity index (χ4v) is 5.28. The molecule has 0 aliphatic carbocycles. The average Bonchev–Trinajstić information content (AvgIpc) is 2.37. The highest BCUT2D eigenvalue weighted by atomic mass is 79.9.